The van der Waals surface area contributed by atoms with Crippen LogP contribution in [-0.4, -0.2) is 23.5 Å². The van der Waals surface area contributed by atoms with Crippen LogP contribution in [0.25, 0.3) is 0 Å². The van der Waals surface area contributed by atoms with Crippen molar-refractivity contribution in [3.63, 3.8) is 0 Å². The molecule has 0 radical (unpaired) electrons. The van der Waals surface area contributed by atoms with Crippen LogP contribution in [-0.2, 0) is 15.2 Å². The molecule has 0 saturated heterocycles. The average molecular weight is 346 g/mol. The van der Waals surface area contributed by atoms with Crippen molar-refractivity contribution >= 4 is 28.8 Å². The number of amides is 2. The molecule has 0 fully saturated rings. The van der Waals surface area contributed by atoms with Crippen molar-refractivity contribution < 1.29 is 14.7 Å². The zero-order chi connectivity index (χ0) is 17.7. The SMILES string of the molecule is CC(C)c1ccc(NC(=O)C(=O)NCC(C)(O)c2cccs2)cc1. The summed E-state index contributed by atoms with van der Waals surface area (Å²) in [6.07, 6.45) is 0. The second-order valence-electron chi connectivity index (χ2n) is 6.16. The monoisotopic (exact) mass is 346 g/mol. The third-order valence-electron chi connectivity index (χ3n) is 3.69. The molecule has 24 heavy (non-hydrogen) atoms. The number of thiophene rings is 1. The molecule has 1 aromatic heterocycles. The lowest BCUT2D eigenvalue weighted by molar-refractivity contribution is -0.136. The molecule has 0 aliphatic carbocycles. The third kappa shape index (κ3) is 4.66. The summed E-state index contributed by atoms with van der Waals surface area (Å²) in [6.45, 7) is 5.73. The van der Waals surface area contributed by atoms with Crippen molar-refractivity contribution in [3.05, 3.63) is 52.2 Å². The predicted octanol–water partition coefficient (Wildman–Crippen LogP) is 2.83. The van der Waals surface area contributed by atoms with E-state index in [9.17, 15) is 14.7 Å². The molecule has 128 valence electrons. The summed E-state index contributed by atoms with van der Waals surface area (Å²) in [4.78, 5) is 24.6. The normalized spacial score (nSPS) is 13.4. The first-order chi connectivity index (χ1) is 11.3. The molecule has 0 spiro atoms. The van der Waals surface area contributed by atoms with Crippen LogP contribution in [0.2, 0.25) is 0 Å². The lowest BCUT2D eigenvalue weighted by atomic mass is 10.0. The smallest absolute Gasteiger partial charge is 0.313 e. The Morgan fingerprint density at radius 1 is 1.17 bits per heavy atom. The first-order valence-corrected chi connectivity index (χ1v) is 8.63. The van der Waals surface area contributed by atoms with Gasteiger partial charge in [0.15, 0.2) is 0 Å². The van der Waals surface area contributed by atoms with Gasteiger partial charge in [0, 0.05) is 10.6 Å². The molecule has 1 aromatic carbocycles. The molecule has 5 nitrogen and oxygen atoms in total. The highest BCUT2D eigenvalue weighted by Gasteiger charge is 2.26. The van der Waals surface area contributed by atoms with Gasteiger partial charge < -0.3 is 15.7 Å². The van der Waals surface area contributed by atoms with Crippen molar-refractivity contribution in [2.75, 3.05) is 11.9 Å². The number of benzene rings is 1. The topological polar surface area (TPSA) is 78.4 Å². The van der Waals surface area contributed by atoms with E-state index in [4.69, 9.17) is 0 Å². The maximum atomic E-state index is 11.9. The number of carbonyl (C=O) groups excluding carboxylic acids is 2. The van der Waals surface area contributed by atoms with Crippen LogP contribution in [0.15, 0.2) is 41.8 Å². The van der Waals surface area contributed by atoms with Crippen molar-refractivity contribution in [2.24, 2.45) is 0 Å². The number of hydrogen-bond acceptors (Lipinski definition) is 4. The average Bonchev–Trinajstić information content (AvgIpc) is 3.08. The van der Waals surface area contributed by atoms with Crippen LogP contribution in [0.3, 0.4) is 0 Å². The molecule has 1 heterocycles. The van der Waals surface area contributed by atoms with E-state index < -0.39 is 17.4 Å². The van der Waals surface area contributed by atoms with Gasteiger partial charge in [-0.1, -0.05) is 32.0 Å². The summed E-state index contributed by atoms with van der Waals surface area (Å²) >= 11 is 1.39. The minimum atomic E-state index is -1.21. The van der Waals surface area contributed by atoms with E-state index in [1.165, 1.54) is 11.3 Å². The van der Waals surface area contributed by atoms with Gasteiger partial charge in [-0.2, -0.15) is 0 Å². The molecular formula is C18H22N2O3S. The van der Waals surface area contributed by atoms with Crippen molar-refractivity contribution in [3.8, 4) is 0 Å². The van der Waals surface area contributed by atoms with E-state index >= 15 is 0 Å². The van der Waals surface area contributed by atoms with E-state index in [0.717, 1.165) is 10.4 Å². The quantitative estimate of drug-likeness (QED) is 0.729. The summed E-state index contributed by atoms with van der Waals surface area (Å²) < 4.78 is 0. The molecule has 2 amide bonds. The Balaban J connectivity index is 1.89. The first-order valence-electron chi connectivity index (χ1n) is 7.75. The fourth-order valence-electron chi connectivity index (χ4n) is 2.14. The zero-order valence-electron chi connectivity index (χ0n) is 14.0. The van der Waals surface area contributed by atoms with Gasteiger partial charge in [-0.15, -0.1) is 11.3 Å². The summed E-state index contributed by atoms with van der Waals surface area (Å²) in [5, 5.41) is 17.2. The van der Waals surface area contributed by atoms with Gasteiger partial charge in [-0.25, -0.2) is 0 Å². The fraction of sp³-hybridized carbons (Fsp3) is 0.333. The Hall–Kier alpha value is -2.18. The number of nitrogens with one attached hydrogen (secondary N) is 2. The first kappa shape index (κ1) is 18.2. The van der Waals surface area contributed by atoms with Crippen molar-refractivity contribution in [2.45, 2.75) is 32.3 Å². The summed E-state index contributed by atoms with van der Waals surface area (Å²) in [6, 6.07) is 11.0. The van der Waals surface area contributed by atoms with Crippen LogP contribution in [0, 0.1) is 0 Å². The van der Waals surface area contributed by atoms with Crippen LogP contribution < -0.4 is 10.6 Å². The Morgan fingerprint density at radius 2 is 1.83 bits per heavy atom. The van der Waals surface area contributed by atoms with Crippen molar-refractivity contribution in [1.29, 1.82) is 0 Å². The van der Waals surface area contributed by atoms with E-state index in [0.29, 0.717) is 11.6 Å². The molecule has 2 rings (SSSR count). The molecule has 1 unspecified atom stereocenters. The lowest BCUT2D eigenvalue weighted by Crippen LogP contribution is -2.42. The Kier molecular flexibility index (Phi) is 5.75. The van der Waals surface area contributed by atoms with Crippen LogP contribution in [0.5, 0.6) is 0 Å². The van der Waals surface area contributed by atoms with E-state index in [2.05, 4.69) is 24.5 Å². The van der Waals surface area contributed by atoms with Crippen molar-refractivity contribution in [1.82, 2.24) is 5.32 Å². The standard InChI is InChI=1S/C18H22N2O3S/c1-12(2)13-6-8-14(9-7-13)20-17(22)16(21)19-11-18(3,23)15-5-4-10-24-15/h4-10,12,23H,11H2,1-3H3,(H,19,21)(H,20,22). The summed E-state index contributed by atoms with van der Waals surface area (Å²) in [7, 11) is 0. The molecule has 0 aliphatic heterocycles. The third-order valence-corrected chi connectivity index (χ3v) is 4.81. The van der Waals surface area contributed by atoms with E-state index in [1.54, 1.807) is 25.1 Å². The largest absolute Gasteiger partial charge is 0.383 e. The van der Waals surface area contributed by atoms with Gasteiger partial charge >= 0.3 is 11.8 Å². The molecule has 0 bridgehead atoms. The number of rotatable bonds is 5. The fourth-order valence-corrected chi connectivity index (χ4v) is 2.93. The molecular weight excluding hydrogens is 324 g/mol. The molecule has 3 N–H and O–H groups in total. The molecule has 0 saturated carbocycles. The van der Waals surface area contributed by atoms with Gasteiger partial charge in [0.25, 0.3) is 0 Å². The number of aliphatic hydroxyl groups is 1. The number of anilines is 1. The van der Waals surface area contributed by atoms with Crippen LogP contribution in [0.4, 0.5) is 5.69 Å². The highest BCUT2D eigenvalue weighted by atomic mass is 32.1. The number of hydrogen-bond donors (Lipinski definition) is 3. The second kappa shape index (κ2) is 7.59. The van der Waals surface area contributed by atoms with E-state index in [1.807, 2.05) is 23.6 Å². The van der Waals surface area contributed by atoms with Gasteiger partial charge in [0.1, 0.15) is 5.60 Å². The summed E-state index contributed by atoms with van der Waals surface area (Å²) in [5.41, 5.74) is 0.511. The molecule has 0 aliphatic rings. The maximum Gasteiger partial charge on any atom is 0.313 e. The molecule has 2 aromatic rings. The number of carbonyl (C=O) groups is 2. The van der Waals surface area contributed by atoms with Gasteiger partial charge in [0.05, 0.1) is 6.54 Å². The Labute approximate surface area is 145 Å². The lowest BCUT2D eigenvalue weighted by Gasteiger charge is -2.22. The van der Waals surface area contributed by atoms with Gasteiger partial charge in [0.2, 0.25) is 0 Å². The van der Waals surface area contributed by atoms with Crippen LogP contribution in [0.1, 0.15) is 37.1 Å². The van der Waals surface area contributed by atoms with Gasteiger partial charge in [-0.05, 0) is 42.0 Å². The zero-order valence-corrected chi connectivity index (χ0v) is 14.8. The molecule has 1 atom stereocenters. The Morgan fingerprint density at radius 3 is 2.38 bits per heavy atom. The highest BCUT2D eigenvalue weighted by Crippen LogP contribution is 2.24. The Bertz CT molecular complexity index is 692. The van der Waals surface area contributed by atoms with E-state index in [-0.39, 0.29) is 6.54 Å². The minimum Gasteiger partial charge on any atom is -0.383 e. The maximum absolute atomic E-state index is 11.9. The predicted molar refractivity (Wildman–Crippen MR) is 96.1 cm³/mol. The second-order valence-corrected chi connectivity index (χ2v) is 7.11. The van der Waals surface area contributed by atoms with Gasteiger partial charge in [-0.3, -0.25) is 9.59 Å². The molecule has 6 heteroatoms. The highest BCUT2D eigenvalue weighted by molar-refractivity contribution is 7.10. The summed E-state index contributed by atoms with van der Waals surface area (Å²) in [5.74, 6) is -1.13. The van der Waals surface area contributed by atoms with Crippen LogP contribution >= 0.6 is 11.3 Å². The minimum absolute atomic E-state index is 0.0357.